The maximum atomic E-state index is 14.2. The maximum Gasteiger partial charge on any atom is 0.335 e. The number of carbonyl (C=O) groups excluding carboxylic acids is 2. The van der Waals surface area contributed by atoms with Gasteiger partial charge in [-0.2, -0.15) is 0 Å². The normalized spacial score (nSPS) is 20.7. The van der Waals surface area contributed by atoms with Crippen LogP contribution in [0.2, 0.25) is 0 Å². The second kappa shape index (κ2) is 8.65. The summed E-state index contributed by atoms with van der Waals surface area (Å²) < 4.78 is 17.2. The molecule has 2 heterocycles. The lowest BCUT2D eigenvalue weighted by molar-refractivity contribution is 0.00265. The van der Waals surface area contributed by atoms with Gasteiger partial charge in [-0.05, 0) is 49.2 Å². The first-order valence-electron chi connectivity index (χ1n) is 11.7. The predicted molar refractivity (Wildman–Crippen MR) is 132 cm³/mol. The summed E-state index contributed by atoms with van der Waals surface area (Å²) >= 11 is 0. The Kier molecular flexibility index (Phi) is 5.63. The zero-order chi connectivity index (χ0) is 24.7. The molecule has 2 aliphatic heterocycles. The highest BCUT2D eigenvalue weighted by molar-refractivity contribution is 6.10. The van der Waals surface area contributed by atoms with E-state index in [1.807, 2.05) is 55.5 Å². The molecule has 1 fully saturated rings. The number of rotatable bonds is 5. The van der Waals surface area contributed by atoms with Crippen molar-refractivity contribution in [1.82, 2.24) is 4.90 Å². The van der Waals surface area contributed by atoms with Crippen molar-refractivity contribution < 1.29 is 23.8 Å². The molecule has 3 aromatic carbocycles. The molecule has 2 atom stereocenters. The summed E-state index contributed by atoms with van der Waals surface area (Å²) in [6.45, 7) is 3.97. The van der Waals surface area contributed by atoms with E-state index in [-0.39, 0.29) is 0 Å². The van der Waals surface area contributed by atoms with Crippen molar-refractivity contribution in [2.45, 2.75) is 38.5 Å². The van der Waals surface area contributed by atoms with E-state index in [2.05, 4.69) is 6.92 Å². The molecule has 0 spiro atoms. The van der Waals surface area contributed by atoms with Crippen LogP contribution in [-0.2, 0) is 6.42 Å². The third-order valence-corrected chi connectivity index (χ3v) is 6.76. The van der Waals surface area contributed by atoms with Gasteiger partial charge in [0, 0.05) is 29.3 Å². The molecular weight excluding hydrogens is 444 g/mol. The number of carbonyl (C=O) groups is 2. The van der Waals surface area contributed by atoms with Crippen LogP contribution in [0.3, 0.4) is 0 Å². The number of para-hydroxylation sites is 1. The van der Waals surface area contributed by atoms with Crippen molar-refractivity contribution in [2.24, 2.45) is 0 Å². The first-order chi connectivity index (χ1) is 16.9. The minimum Gasteiger partial charge on any atom is -0.497 e. The average molecular weight is 473 g/mol. The van der Waals surface area contributed by atoms with E-state index in [1.54, 1.807) is 23.1 Å². The molecule has 180 valence electrons. The number of nitrogens with zero attached hydrogens (tertiary/aromatic N) is 2. The third-order valence-electron chi connectivity index (χ3n) is 6.76. The van der Waals surface area contributed by atoms with E-state index in [4.69, 9.17) is 14.2 Å². The van der Waals surface area contributed by atoms with E-state index in [1.165, 1.54) is 19.1 Å². The van der Waals surface area contributed by atoms with Gasteiger partial charge in [-0.15, -0.1) is 0 Å². The fourth-order valence-electron chi connectivity index (χ4n) is 5.00. The van der Waals surface area contributed by atoms with Crippen molar-refractivity contribution in [3.8, 4) is 17.2 Å². The molecule has 0 N–H and O–H groups in total. The van der Waals surface area contributed by atoms with Crippen molar-refractivity contribution in [3.63, 3.8) is 0 Å². The van der Waals surface area contributed by atoms with Gasteiger partial charge in [-0.1, -0.05) is 37.3 Å². The number of urea groups is 1. The smallest absolute Gasteiger partial charge is 0.335 e. The lowest BCUT2D eigenvalue weighted by Gasteiger charge is -2.53. The predicted octanol–water partition coefficient (Wildman–Crippen LogP) is 5.59. The summed E-state index contributed by atoms with van der Waals surface area (Å²) in [5.74, 6) is 1.19. The van der Waals surface area contributed by atoms with Gasteiger partial charge in [0.1, 0.15) is 17.2 Å². The molecule has 3 aromatic rings. The molecule has 7 heteroatoms. The van der Waals surface area contributed by atoms with Gasteiger partial charge in [0.15, 0.2) is 5.72 Å². The minimum atomic E-state index is -0.953. The van der Waals surface area contributed by atoms with Crippen LogP contribution >= 0.6 is 0 Å². The highest BCUT2D eigenvalue weighted by Gasteiger charge is 2.55. The number of hydrogen-bond donors (Lipinski definition) is 0. The Labute approximate surface area is 204 Å². The van der Waals surface area contributed by atoms with Crippen molar-refractivity contribution >= 4 is 17.6 Å². The Morgan fingerprint density at radius 1 is 1.03 bits per heavy atom. The molecule has 2 aliphatic rings. The van der Waals surface area contributed by atoms with Crippen LogP contribution in [0.1, 0.15) is 47.8 Å². The number of ether oxygens (including phenoxy) is 3. The number of hydrogen-bond acceptors (Lipinski definition) is 5. The van der Waals surface area contributed by atoms with Gasteiger partial charge in [0.05, 0.1) is 20.3 Å². The van der Waals surface area contributed by atoms with Crippen LogP contribution in [0.4, 0.5) is 10.5 Å². The first-order valence-corrected chi connectivity index (χ1v) is 11.7. The largest absolute Gasteiger partial charge is 0.497 e. The summed E-state index contributed by atoms with van der Waals surface area (Å²) in [5.41, 5.74) is 1.95. The van der Waals surface area contributed by atoms with Crippen LogP contribution in [0.5, 0.6) is 17.2 Å². The number of methoxy groups -OCH3 is 2. The number of anilines is 1. The Morgan fingerprint density at radius 3 is 2.43 bits per heavy atom. The van der Waals surface area contributed by atoms with E-state index in [0.717, 1.165) is 17.5 Å². The number of fused-ring (bicyclic) bond motifs is 4. The molecular formula is C28H28N2O5. The van der Waals surface area contributed by atoms with Crippen LogP contribution in [0.25, 0.3) is 0 Å². The van der Waals surface area contributed by atoms with Crippen molar-refractivity contribution in [3.05, 3.63) is 83.4 Å². The molecule has 0 aromatic heterocycles. The highest BCUT2D eigenvalue weighted by atomic mass is 16.5. The molecule has 35 heavy (non-hydrogen) atoms. The second-order valence-corrected chi connectivity index (χ2v) is 8.95. The minimum absolute atomic E-state index is 0.310. The number of benzene rings is 3. The molecule has 1 saturated heterocycles. The number of amides is 3. The lowest BCUT2D eigenvalue weighted by Crippen LogP contribution is -2.67. The van der Waals surface area contributed by atoms with Gasteiger partial charge in [-0.3, -0.25) is 14.6 Å². The average Bonchev–Trinajstić information content (AvgIpc) is 2.87. The summed E-state index contributed by atoms with van der Waals surface area (Å²) in [6.07, 6.45) is 1.25. The summed E-state index contributed by atoms with van der Waals surface area (Å²) in [7, 11) is 3.05. The molecule has 0 saturated carbocycles. The molecule has 7 nitrogen and oxygen atoms in total. The SMILES string of the molecule is CCc1cccc(N2C(=O)N(C(=O)c3cc(OC)cc(OC)c3)C3CC2(C)Oc2ccccc23)c1. The summed E-state index contributed by atoms with van der Waals surface area (Å²) in [6, 6.07) is 19.4. The Balaban J connectivity index is 1.67. The van der Waals surface area contributed by atoms with Gasteiger partial charge < -0.3 is 14.2 Å². The van der Waals surface area contributed by atoms with Gasteiger partial charge >= 0.3 is 6.03 Å². The molecule has 3 amide bonds. The van der Waals surface area contributed by atoms with E-state index < -0.39 is 23.7 Å². The van der Waals surface area contributed by atoms with Crippen LogP contribution in [0, 0.1) is 0 Å². The Bertz CT molecular complexity index is 1280. The summed E-state index contributed by atoms with van der Waals surface area (Å²) in [4.78, 5) is 31.1. The molecule has 0 radical (unpaired) electrons. The summed E-state index contributed by atoms with van der Waals surface area (Å²) in [5, 5.41) is 0. The zero-order valence-electron chi connectivity index (χ0n) is 20.3. The van der Waals surface area contributed by atoms with E-state index in [9.17, 15) is 9.59 Å². The van der Waals surface area contributed by atoms with Crippen molar-refractivity contribution in [1.29, 1.82) is 0 Å². The number of imide groups is 1. The Hall–Kier alpha value is -4.00. The van der Waals surface area contributed by atoms with Crippen molar-refractivity contribution in [2.75, 3.05) is 19.1 Å². The lowest BCUT2D eigenvalue weighted by atomic mass is 9.88. The van der Waals surface area contributed by atoms with E-state index >= 15 is 0 Å². The van der Waals surface area contributed by atoms with Crippen LogP contribution in [0.15, 0.2) is 66.7 Å². The monoisotopic (exact) mass is 472 g/mol. The standard InChI is InChI=1S/C28H28N2O5/c1-5-18-9-8-10-20(13-18)30-27(32)29(26(31)19-14-21(33-3)16-22(15-19)34-4)24-17-28(30,2)35-25-12-7-6-11-23(24)25/h6-16,24H,5,17H2,1-4H3. The second-order valence-electron chi connectivity index (χ2n) is 8.95. The number of aryl methyl sites for hydroxylation is 1. The fraction of sp³-hybridized carbons (Fsp3) is 0.286. The van der Waals surface area contributed by atoms with Gasteiger partial charge in [0.25, 0.3) is 5.91 Å². The molecule has 5 rings (SSSR count). The van der Waals surface area contributed by atoms with E-state index in [0.29, 0.717) is 34.9 Å². The van der Waals surface area contributed by atoms with Gasteiger partial charge in [-0.25, -0.2) is 4.79 Å². The molecule has 2 bridgehead atoms. The fourth-order valence-corrected chi connectivity index (χ4v) is 5.00. The highest BCUT2D eigenvalue weighted by Crippen LogP contribution is 2.49. The quantitative estimate of drug-likeness (QED) is 0.484. The van der Waals surface area contributed by atoms with Crippen LogP contribution in [-0.4, -0.2) is 36.8 Å². The first kappa shape index (κ1) is 22.8. The molecule has 2 unspecified atom stereocenters. The molecule has 0 aliphatic carbocycles. The third kappa shape index (κ3) is 3.77. The zero-order valence-corrected chi connectivity index (χ0v) is 20.3. The van der Waals surface area contributed by atoms with Gasteiger partial charge in [0.2, 0.25) is 0 Å². The van der Waals surface area contributed by atoms with Crippen LogP contribution < -0.4 is 19.1 Å². The maximum absolute atomic E-state index is 14.2. The topological polar surface area (TPSA) is 68.3 Å². The Morgan fingerprint density at radius 2 is 1.74 bits per heavy atom.